The Hall–Kier alpha value is -1.31. The first kappa shape index (κ1) is 15.1. The molecule has 1 aromatic heterocycles. The van der Waals surface area contributed by atoms with Gasteiger partial charge in [0.25, 0.3) is 0 Å². The van der Waals surface area contributed by atoms with Crippen molar-refractivity contribution in [1.82, 2.24) is 14.9 Å². The number of hydrogen-bond acceptors (Lipinski definition) is 5. The quantitative estimate of drug-likeness (QED) is 0.853. The van der Waals surface area contributed by atoms with Crippen molar-refractivity contribution >= 4 is 29.3 Å². The number of aromatic nitrogens is 2. The van der Waals surface area contributed by atoms with Crippen molar-refractivity contribution in [3.8, 4) is 5.75 Å². The molecule has 9 heteroatoms. The van der Waals surface area contributed by atoms with Gasteiger partial charge in [-0.1, -0.05) is 23.2 Å². The lowest BCUT2D eigenvalue weighted by Gasteiger charge is -2.25. The van der Waals surface area contributed by atoms with Gasteiger partial charge in [-0.05, 0) is 6.42 Å². The Labute approximate surface area is 125 Å². The first-order valence-corrected chi connectivity index (χ1v) is 6.61. The Morgan fingerprint density at radius 3 is 2.70 bits per heavy atom. The van der Waals surface area contributed by atoms with Crippen LogP contribution >= 0.6 is 23.2 Å². The molecule has 2 heterocycles. The van der Waals surface area contributed by atoms with E-state index < -0.39 is 12.1 Å². The lowest BCUT2D eigenvalue weighted by atomic mass is 10.2. The van der Waals surface area contributed by atoms with Gasteiger partial charge in [-0.2, -0.15) is 0 Å². The first-order chi connectivity index (χ1) is 9.54. The van der Waals surface area contributed by atoms with Gasteiger partial charge in [0.05, 0.1) is 12.1 Å². The second kappa shape index (κ2) is 6.43. The van der Waals surface area contributed by atoms with Crippen LogP contribution in [0.25, 0.3) is 0 Å². The predicted octanol–water partition coefficient (Wildman–Crippen LogP) is 1.93. The number of carbonyl (C=O) groups is 1. The van der Waals surface area contributed by atoms with Crippen molar-refractivity contribution in [1.29, 1.82) is 0 Å². The van der Waals surface area contributed by atoms with Crippen molar-refractivity contribution in [2.45, 2.75) is 18.6 Å². The summed E-state index contributed by atoms with van der Waals surface area (Å²) < 4.78 is 10.8. The zero-order valence-corrected chi connectivity index (χ0v) is 12.1. The molecule has 0 saturated carbocycles. The summed E-state index contributed by atoms with van der Waals surface area (Å²) in [5.41, 5.74) is 0. The molecule has 0 aliphatic carbocycles. The lowest BCUT2D eigenvalue weighted by molar-refractivity contribution is 0.0431. The van der Waals surface area contributed by atoms with E-state index in [0.29, 0.717) is 13.0 Å². The third-order valence-electron chi connectivity index (χ3n) is 3.15. The Balaban J connectivity index is 2.09. The summed E-state index contributed by atoms with van der Waals surface area (Å²) in [5.74, 6) is 0.142. The summed E-state index contributed by atoms with van der Waals surface area (Å²) in [6.07, 6.45) is 0.589. The number of hydrogen-bond donors (Lipinski definition) is 1. The maximum Gasteiger partial charge on any atom is 0.407 e. The van der Waals surface area contributed by atoms with Crippen molar-refractivity contribution in [3.05, 3.63) is 16.6 Å². The Bertz CT molecular complexity index is 482. The summed E-state index contributed by atoms with van der Waals surface area (Å²) in [4.78, 5) is 20.0. The number of amides is 1. The van der Waals surface area contributed by atoms with E-state index in [-0.39, 0.29) is 28.8 Å². The highest BCUT2D eigenvalue weighted by Crippen LogP contribution is 2.30. The highest BCUT2D eigenvalue weighted by molar-refractivity contribution is 6.35. The van der Waals surface area contributed by atoms with Gasteiger partial charge < -0.3 is 14.6 Å². The van der Waals surface area contributed by atoms with Crippen LogP contribution in [0.1, 0.15) is 6.42 Å². The molecule has 2 atom stereocenters. The molecule has 0 aromatic carbocycles. The third-order valence-corrected chi connectivity index (χ3v) is 3.69. The van der Waals surface area contributed by atoms with E-state index in [1.807, 2.05) is 0 Å². The monoisotopic (exact) mass is 321 g/mol. The summed E-state index contributed by atoms with van der Waals surface area (Å²) >= 11 is 11.7. The van der Waals surface area contributed by atoms with Gasteiger partial charge in [0.15, 0.2) is 16.1 Å². The predicted molar refractivity (Wildman–Crippen MR) is 71.5 cm³/mol. The van der Waals surface area contributed by atoms with Gasteiger partial charge in [0.2, 0.25) is 0 Å². The van der Waals surface area contributed by atoms with Crippen LogP contribution in [0.4, 0.5) is 4.79 Å². The first-order valence-electron chi connectivity index (χ1n) is 5.85. The molecule has 7 nitrogen and oxygen atoms in total. The van der Waals surface area contributed by atoms with Crippen LogP contribution in [-0.2, 0) is 4.74 Å². The minimum atomic E-state index is -1.01. The van der Waals surface area contributed by atoms with Gasteiger partial charge in [-0.15, -0.1) is 0 Å². The Morgan fingerprint density at radius 2 is 2.15 bits per heavy atom. The van der Waals surface area contributed by atoms with E-state index in [1.165, 1.54) is 18.3 Å². The maximum absolute atomic E-state index is 11.2. The van der Waals surface area contributed by atoms with E-state index in [9.17, 15) is 4.79 Å². The summed E-state index contributed by atoms with van der Waals surface area (Å²) in [6, 6.07) is -0.426. The normalized spacial score (nSPS) is 22.1. The number of ether oxygens (including phenoxy) is 2. The number of nitrogens with zero attached hydrogens (tertiary/aromatic N) is 3. The fourth-order valence-electron chi connectivity index (χ4n) is 2.16. The molecular formula is C11H13Cl2N3O4. The van der Waals surface area contributed by atoms with E-state index in [1.54, 1.807) is 0 Å². The van der Waals surface area contributed by atoms with Gasteiger partial charge in [0.1, 0.15) is 12.9 Å². The van der Waals surface area contributed by atoms with Crippen molar-refractivity contribution < 1.29 is 19.4 Å². The molecule has 1 aromatic rings. The highest BCUT2D eigenvalue weighted by Gasteiger charge is 2.38. The molecule has 1 saturated heterocycles. The SMILES string of the molecule is CO[C@H]1CCN(C(=O)O)[C@@H]1COc1c(Cl)ncnc1Cl. The smallest absolute Gasteiger partial charge is 0.407 e. The average molecular weight is 322 g/mol. The van der Waals surface area contributed by atoms with Crippen LogP contribution in [0.3, 0.4) is 0 Å². The van der Waals surface area contributed by atoms with Crippen molar-refractivity contribution in [2.75, 3.05) is 20.3 Å². The molecule has 0 spiro atoms. The fourth-order valence-corrected chi connectivity index (χ4v) is 2.58. The summed E-state index contributed by atoms with van der Waals surface area (Å²) in [5, 5.41) is 9.31. The molecule has 0 unspecified atom stereocenters. The van der Waals surface area contributed by atoms with Gasteiger partial charge in [-0.3, -0.25) is 4.90 Å². The number of carboxylic acid groups (broad SMARTS) is 1. The molecule has 110 valence electrons. The lowest BCUT2D eigenvalue weighted by Crippen LogP contribution is -2.43. The molecule has 20 heavy (non-hydrogen) atoms. The molecule has 0 radical (unpaired) electrons. The van der Waals surface area contributed by atoms with Crippen LogP contribution in [0, 0.1) is 0 Å². The topological polar surface area (TPSA) is 84.8 Å². The molecule has 1 amide bonds. The molecule has 1 fully saturated rings. The third kappa shape index (κ3) is 3.05. The fraction of sp³-hybridized carbons (Fsp3) is 0.545. The van der Waals surface area contributed by atoms with Crippen LogP contribution in [-0.4, -0.2) is 58.5 Å². The molecule has 0 bridgehead atoms. The molecule has 1 N–H and O–H groups in total. The van der Waals surface area contributed by atoms with Crippen molar-refractivity contribution in [2.24, 2.45) is 0 Å². The van der Waals surface area contributed by atoms with E-state index >= 15 is 0 Å². The number of halogens is 2. The van der Waals surface area contributed by atoms with E-state index in [2.05, 4.69) is 9.97 Å². The Kier molecular flexibility index (Phi) is 4.85. The Morgan fingerprint density at radius 1 is 1.50 bits per heavy atom. The van der Waals surface area contributed by atoms with Crippen LogP contribution < -0.4 is 4.74 Å². The standard InChI is InChI=1S/C11H13Cl2N3O4/c1-19-7-2-3-16(11(17)18)6(7)4-20-8-9(12)14-5-15-10(8)13/h5-7H,2-4H2,1H3,(H,17,18)/t6-,7+/m1/s1. The van der Waals surface area contributed by atoms with Crippen LogP contribution in [0.2, 0.25) is 10.3 Å². The average Bonchev–Trinajstić information content (AvgIpc) is 2.81. The molecule has 1 aliphatic heterocycles. The van der Waals surface area contributed by atoms with E-state index in [4.69, 9.17) is 37.8 Å². The zero-order valence-electron chi connectivity index (χ0n) is 10.6. The number of likely N-dealkylation sites (tertiary alicyclic amines) is 1. The minimum absolute atomic E-state index is 0.0671. The molecular weight excluding hydrogens is 309 g/mol. The van der Waals surface area contributed by atoms with E-state index in [0.717, 1.165) is 0 Å². The number of rotatable bonds is 4. The largest absolute Gasteiger partial charge is 0.485 e. The molecule has 1 aliphatic rings. The van der Waals surface area contributed by atoms with Crippen LogP contribution in [0.15, 0.2) is 6.33 Å². The zero-order chi connectivity index (χ0) is 14.7. The number of methoxy groups -OCH3 is 1. The molecule has 2 rings (SSSR count). The maximum atomic E-state index is 11.2. The highest BCUT2D eigenvalue weighted by atomic mass is 35.5. The van der Waals surface area contributed by atoms with Gasteiger partial charge >= 0.3 is 6.09 Å². The van der Waals surface area contributed by atoms with Crippen LogP contribution in [0.5, 0.6) is 5.75 Å². The second-order valence-electron chi connectivity index (χ2n) is 4.20. The van der Waals surface area contributed by atoms with Crippen molar-refractivity contribution in [3.63, 3.8) is 0 Å². The van der Waals surface area contributed by atoms with Gasteiger partial charge in [-0.25, -0.2) is 14.8 Å². The minimum Gasteiger partial charge on any atom is -0.485 e. The summed E-state index contributed by atoms with van der Waals surface area (Å²) in [6.45, 7) is 0.465. The second-order valence-corrected chi connectivity index (χ2v) is 4.92. The van der Waals surface area contributed by atoms with Gasteiger partial charge in [0, 0.05) is 13.7 Å². The summed E-state index contributed by atoms with van der Waals surface area (Å²) in [7, 11) is 1.54.